The van der Waals surface area contributed by atoms with E-state index in [1.165, 1.54) is 0 Å². The van der Waals surface area contributed by atoms with E-state index in [1.807, 2.05) is 0 Å². The Morgan fingerprint density at radius 2 is 2.22 bits per heavy atom. The molecule has 18 heavy (non-hydrogen) atoms. The fraction of sp³-hybridized carbons (Fsp3) is 0.333. The Kier molecular flexibility index (Phi) is 3.70. The van der Waals surface area contributed by atoms with Gasteiger partial charge >= 0.3 is 6.36 Å². The maximum Gasteiger partial charge on any atom is 0.573 e. The molecule has 6 nitrogen and oxygen atoms in total. The monoisotopic (exact) mass is 261 g/mol. The molecule has 0 bridgehead atoms. The minimum atomic E-state index is -4.96. The quantitative estimate of drug-likeness (QED) is 0.615. The van der Waals surface area contributed by atoms with Gasteiger partial charge in [0, 0.05) is 0 Å². The summed E-state index contributed by atoms with van der Waals surface area (Å²) in [7, 11) is 0. The maximum absolute atomic E-state index is 12.0. The molecule has 1 aromatic rings. The molecule has 1 aromatic heterocycles. The zero-order valence-corrected chi connectivity index (χ0v) is 8.98. The molecule has 0 N–H and O–H groups in total. The summed E-state index contributed by atoms with van der Waals surface area (Å²) < 4.78 is 39.7. The van der Waals surface area contributed by atoms with Crippen molar-refractivity contribution in [1.29, 1.82) is 5.26 Å². The number of nitriles is 1. The Balaban J connectivity index is 3.31. The number of ether oxygens (including phenoxy) is 1. The molecule has 0 amide bonds. The number of nitrogens with zero attached hydrogens (tertiary/aromatic N) is 3. The molecule has 96 valence electrons. The molecule has 0 aliphatic heterocycles. The SMILES string of the molecule is Cc1c(OC(F)(F)F)cnc(CC#N)c1[N+](=O)[O-]. The fourth-order valence-electron chi connectivity index (χ4n) is 1.30. The van der Waals surface area contributed by atoms with Crippen LogP contribution < -0.4 is 4.74 Å². The third-order valence-electron chi connectivity index (χ3n) is 1.99. The number of alkyl halides is 3. The summed E-state index contributed by atoms with van der Waals surface area (Å²) in [5.41, 5.74) is -1.16. The van der Waals surface area contributed by atoms with Gasteiger partial charge in [0.1, 0.15) is 5.69 Å². The summed E-state index contributed by atoms with van der Waals surface area (Å²) in [4.78, 5) is 13.3. The molecule has 0 fully saturated rings. The lowest BCUT2D eigenvalue weighted by atomic mass is 10.1. The smallest absolute Gasteiger partial charge is 0.404 e. The largest absolute Gasteiger partial charge is 0.573 e. The van der Waals surface area contributed by atoms with Crippen LogP contribution in [0.3, 0.4) is 0 Å². The van der Waals surface area contributed by atoms with Crippen LogP contribution >= 0.6 is 0 Å². The van der Waals surface area contributed by atoms with Crippen molar-refractivity contribution in [2.75, 3.05) is 0 Å². The number of halogens is 3. The predicted octanol–water partition coefficient (Wildman–Crippen LogP) is 2.26. The van der Waals surface area contributed by atoms with E-state index in [4.69, 9.17) is 5.26 Å². The predicted molar refractivity (Wildman–Crippen MR) is 51.6 cm³/mol. The van der Waals surface area contributed by atoms with Crippen molar-refractivity contribution < 1.29 is 22.8 Å². The summed E-state index contributed by atoms with van der Waals surface area (Å²) in [5, 5.41) is 19.2. The van der Waals surface area contributed by atoms with Crippen LogP contribution in [0.15, 0.2) is 6.20 Å². The molecule has 0 saturated carbocycles. The molecule has 9 heteroatoms. The molecule has 0 saturated heterocycles. The van der Waals surface area contributed by atoms with Crippen molar-refractivity contribution in [3.8, 4) is 11.8 Å². The van der Waals surface area contributed by atoms with Crippen molar-refractivity contribution in [3.63, 3.8) is 0 Å². The van der Waals surface area contributed by atoms with E-state index in [2.05, 4.69) is 9.72 Å². The molecule has 0 radical (unpaired) electrons. The van der Waals surface area contributed by atoms with Gasteiger partial charge in [-0.3, -0.25) is 10.1 Å². The zero-order valence-electron chi connectivity index (χ0n) is 8.98. The van der Waals surface area contributed by atoms with E-state index in [0.717, 1.165) is 6.92 Å². The molecule has 1 heterocycles. The lowest BCUT2D eigenvalue weighted by molar-refractivity contribution is -0.386. The average molecular weight is 261 g/mol. The van der Waals surface area contributed by atoms with Crippen LogP contribution in [0.5, 0.6) is 5.75 Å². The summed E-state index contributed by atoms with van der Waals surface area (Å²) >= 11 is 0. The minimum absolute atomic E-state index is 0.200. The lowest BCUT2D eigenvalue weighted by Crippen LogP contribution is -2.18. The van der Waals surface area contributed by atoms with E-state index in [1.54, 1.807) is 6.07 Å². The standard InChI is InChI=1S/C9H6F3N3O3/c1-5-7(18-9(10,11)12)4-14-6(2-3-13)8(5)15(16)17/h4H,2H2,1H3. The number of pyridine rings is 1. The number of nitro groups is 1. The third-order valence-corrected chi connectivity index (χ3v) is 1.99. The van der Waals surface area contributed by atoms with Gasteiger partial charge in [-0.1, -0.05) is 0 Å². The second-order valence-electron chi connectivity index (χ2n) is 3.18. The molecular weight excluding hydrogens is 255 g/mol. The van der Waals surface area contributed by atoms with Crippen LogP contribution in [0, 0.1) is 28.4 Å². The topological polar surface area (TPSA) is 89.0 Å². The highest BCUT2D eigenvalue weighted by atomic mass is 19.4. The van der Waals surface area contributed by atoms with Crippen LogP contribution in [0.4, 0.5) is 18.9 Å². The summed E-state index contributed by atoms with van der Waals surface area (Å²) in [6, 6.07) is 1.64. The van der Waals surface area contributed by atoms with Crippen molar-refractivity contribution in [2.45, 2.75) is 19.7 Å². The summed E-state index contributed by atoms with van der Waals surface area (Å²) in [5.74, 6) is -0.754. The first kappa shape index (κ1) is 13.7. The number of rotatable bonds is 3. The molecule has 0 aliphatic rings. The van der Waals surface area contributed by atoms with Gasteiger partial charge in [0.15, 0.2) is 5.75 Å². The van der Waals surface area contributed by atoms with Crippen LogP contribution in [-0.2, 0) is 6.42 Å². The molecule has 0 aliphatic carbocycles. The first-order valence-electron chi connectivity index (χ1n) is 4.52. The van der Waals surface area contributed by atoms with Gasteiger partial charge < -0.3 is 4.74 Å². The Morgan fingerprint density at radius 1 is 1.61 bits per heavy atom. The van der Waals surface area contributed by atoms with E-state index in [9.17, 15) is 23.3 Å². The molecule has 0 unspecified atom stereocenters. The van der Waals surface area contributed by atoms with Crippen LogP contribution in [0.1, 0.15) is 11.3 Å². The molecule has 0 atom stereocenters. The highest BCUT2D eigenvalue weighted by Crippen LogP contribution is 2.32. The Morgan fingerprint density at radius 3 is 2.67 bits per heavy atom. The van der Waals surface area contributed by atoms with E-state index in [0.29, 0.717) is 6.20 Å². The van der Waals surface area contributed by atoms with Gasteiger partial charge in [0.05, 0.1) is 29.2 Å². The number of aromatic nitrogens is 1. The first-order chi connectivity index (χ1) is 8.26. The molecule has 0 aromatic carbocycles. The van der Waals surface area contributed by atoms with E-state index in [-0.39, 0.29) is 17.7 Å². The highest BCUT2D eigenvalue weighted by molar-refractivity contribution is 5.51. The van der Waals surface area contributed by atoms with Crippen molar-refractivity contribution in [2.24, 2.45) is 0 Å². The average Bonchev–Trinajstić information content (AvgIpc) is 2.20. The Bertz CT molecular complexity index is 522. The van der Waals surface area contributed by atoms with Gasteiger partial charge in [-0.2, -0.15) is 5.26 Å². The number of hydrogen-bond acceptors (Lipinski definition) is 5. The van der Waals surface area contributed by atoms with Gasteiger partial charge in [0.25, 0.3) is 5.69 Å². The maximum atomic E-state index is 12.0. The second-order valence-corrected chi connectivity index (χ2v) is 3.18. The van der Waals surface area contributed by atoms with Crippen LogP contribution in [-0.4, -0.2) is 16.3 Å². The van der Waals surface area contributed by atoms with Gasteiger partial charge in [0.2, 0.25) is 0 Å². The van der Waals surface area contributed by atoms with Crippen molar-refractivity contribution in [3.05, 3.63) is 27.6 Å². The fourth-order valence-corrected chi connectivity index (χ4v) is 1.30. The minimum Gasteiger partial charge on any atom is -0.404 e. The molecule has 1 rings (SSSR count). The Hall–Kier alpha value is -2.37. The first-order valence-corrected chi connectivity index (χ1v) is 4.52. The summed E-state index contributed by atoms with van der Waals surface area (Å²) in [6.45, 7) is 1.10. The normalized spacial score (nSPS) is 10.8. The lowest BCUT2D eigenvalue weighted by Gasteiger charge is -2.11. The van der Waals surface area contributed by atoms with Crippen molar-refractivity contribution >= 4 is 5.69 Å². The molecule has 0 spiro atoms. The van der Waals surface area contributed by atoms with Gasteiger partial charge in [-0.05, 0) is 6.92 Å². The van der Waals surface area contributed by atoms with Crippen LogP contribution in [0.2, 0.25) is 0 Å². The van der Waals surface area contributed by atoms with E-state index < -0.39 is 22.7 Å². The number of hydrogen-bond donors (Lipinski definition) is 0. The van der Waals surface area contributed by atoms with Gasteiger partial charge in [-0.15, -0.1) is 13.2 Å². The highest BCUT2D eigenvalue weighted by Gasteiger charge is 2.34. The van der Waals surface area contributed by atoms with Gasteiger partial charge in [-0.25, -0.2) is 4.98 Å². The third kappa shape index (κ3) is 3.07. The Labute approximate surface area is 98.8 Å². The zero-order chi connectivity index (χ0) is 13.9. The summed E-state index contributed by atoms with van der Waals surface area (Å²) in [6.07, 6.45) is -4.62. The van der Waals surface area contributed by atoms with E-state index >= 15 is 0 Å². The second kappa shape index (κ2) is 4.87. The van der Waals surface area contributed by atoms with Crippen LogP contribution in [0.25, 0.3) is 0 Å². The molecular formula is C9H6F3N3O3. The van der Waals surface area contributed by atoms with Crippen molar-refractivity contribution in [1.82, 2.24) is 4.98 Å².